The summed E-state index contributed by atoms with van der Waals surface area (Å²) in [5.41, 5.74) is 0.256. The second-order valence-electron chi connectivity index (χ2n) is 5.65. The van der Waals surface area contributed by atoms with Crippen LogP contribution in [0.4, 0.5) is 0 Å². The van der Waals surface area contributed by atoms with Gasteiger partial charge in [-0.15, -0.1) is 0 Å². The maximum absolute atomic E-state index is 11.7. The van der Waals surface area contributed by atoms with Crippen LogP contribution in [-0.2, 0) is 30.8 Å². The molecule has 0 saturated carbocycles. The highest BCUT2D eigenvalue weighted by atomic mass is 32.1. The molecule has 1 aliphatic rings. The first kappa shape index (κ1) is 19.7. The lowest BCUT2D eigenvalue weighted by molar-refractivity contribution is -0.131. The SMILES string of the molecule is CNC(=O)CO[C@H]1C(OC)[C@@H](COC)O[C@H]1c1cn(C)c(=O)[nH]c1=S. The van der Waals surface area contributed by atoms with E-state index >= 15 is 0 Å². The molecule has 9 nitrogen and oxygen atoms in total. The lowest BCUT2D eigenvalue weighted by Gasteiger charge is -2.23. The van der Waals surface area contributed by atoms with Gasteiger partial charge in [0.2, 0.25) is 5.91 Å². The van der Waals surface area contributed by atoms with Crippen LogP contribution in [0.1, 0.15) is 11.7 Å². The van der Waals surface area contributed by atoms with Crippen molar-refractivity contribution in [2.75, 3.05) is 34.5 Å². The van der Waals surface area contributed by atoms with E-state index in [0.29, 0.717) is 5.56 Å². The Balaban J connectivity index is 2.37. The van der Waals surface area contributed by atoms with Gasteiger partial charge in [0.05, 0.1) is 6.61 Å². The Morgan fingerprint density at radius 1 is 1.44 bits per heavy atom. The molecule has 25 heavy (non-hydrogen) atoms. The number of aryl methyl sites for hydroxylation is 1. The number of amides is 1. The number of hydrogen-bond acceptors (Lipinski definition) is 7. The predicted molar refractivity (Wildman–Crippen MR) is 91.0 cm³/mol. The van der Waals surface area contributed by atoms with Gasteiger partial charge in [-0.1, -0.05) is 12.2 Å². The van der Waals surface area contributed by atoms with Crippen molar-refractivity contribution in [1.82, 2.24) is 14.9 Å². The van der Waals surface area contributed by atoms with Crippen molar-refractivity contribution >= 4 is 18.1 Å². The van der Waals surface area contributed by atoms with Crippen LogP contribution in [0.3, 0.4) is 0 Å². The second-order valence-corrected chi connectivity index (χ2v) is 6.06. The third-order valence-electron chi connectivity index (χ3n) is 4.04. The van der Waals surface area contributed by atoms with Crippen molar-refractivity contribution in [2.45, 2.75) is 24.4 Å². The number of nitrogens with zero attached hydrogens (tertiary/aromatic N) is 1. The van der Waals surface area contributed by atoms with Crippen molar-refractivity contribution in [1.29, 1.82) is 0 Å². The minimum Gasteiger partial charge on any atom is -0.382 e. The molecule has 0 aliphatic carbocycles. The number of methoxy groups -OCH3 is 2. The number of hydrogen-bond donors (Lipinski definition) is 2. The van der Waals surface area contributed by atoms with Gasteiger partial charge in [-0.05, 0) is 0 Å². The first-order chi connectivity index (χ1) is 11.9. The van der Waals surface area contributed by atoms with E-state index in [-0.39, 0.29) is 29.5 Å². The van der Waals surface area contributed by atoms with Crippen molar-refractivity contribution in [3.63, 3.8) is 0 Å². The summed E-state index contributed by atoms with van der Waals surface area (Å²) in [6.45, 7) is 0.139. The summed E-state index contributed by atoms with van der Waals surface area (Å²) >= 11 is 5.27. The van der Waals surface area contributed by atoms with Gasteiger partial charge in [0.1, 0.15) is 35.7 Å². The molecule has 2 N–H and O–H groups in total. The van der Waals surface area contributed by atoms with Gasteiger partial charge in [-0.25, -0.2) is 4.79 Å². The summed E-state index contributed by atoms with van der Waals surface area (Å²) < 4.78 is 24.1. The van der Waals surface area contributed by atoms with Crippen LogP contribution >= 0.6 is 12.2 Å². The number of nitrogens with one attached hydrogen (secondary N) is 2. The molecule has 1 fully saturated rings. The standard InChI is InChI=1S/C15H23N3O6S/c1-16-10(19)7-23-13-11(24-9(6-21-3)12(13)22-4)8-5-18(2)15(20)17-14(8)25/h5,9,11-13H,6-7H2,1-4H3,(H,16,19)(H,17,20,25)/t9-,11+,12?,13-/m1/s1. The Morgan fingerprint density at radius 2 is 2.16 bits per heavy atom. The molecule has 1 unspecified atom stereocenters. The Bertz CT molecular complexity index is 718. The van der Waals surface area contributed by atoms with Crippen LogP contribution in [0.5, 0.6) is 0 Å². The number of H-pyrrole nitrogens is 1. The van der Waals surface area contributed by atoms with E-state index in [2.05, 4.69) is 10.3 Å². The van der Waals surface area contributed by atoms with E-state index in [0.717, 1.165) is 0 Å². The van der Waals surface area contributed by atoms with E-state index in [1.54, 1.807) is 20.4 Å². The molecule has 0 radical (unpaired) electrons. The average molecular weight is 373 g/mol. The summed E-state index contributed by atoms with van der Waals surface area (Å²) in [5, 5.41) is 2.50. The topological polar surface area (TPSA) is 104 Å². The second kappa shape index (κ2) is 8.68. The van der Waals surface area contributed by atoms with Gasteiger partial charge in [0, 0.05) is 40.1 Å². The first-order valence-corrected chi connectivity index (χ1v) is 8.13. The Hall–Kier alpha value is -1.59. The predicted octanol–water partition coefficient (Wildman–Crippen LogP) is -0.325. The average Bonchev–Trinajstić information content (AvgIpc) is 2.93. The van der Waals surface area contributed by atoms with E-state index in [4.69, 9.17) is 31.2 Å². The Morgan fingerprint density at radius 3 is 2.76 bits per heavy atom. The highest BCUT2D eigenvalue weighted by Crippen LogP contribution is 2.37. The lowest BCUT2D eigenvalue weighted by atomic mass is 10.0. The van der Waals surface area contributed by atoms with Crippen molar-refractivity contribution in [3.8, 4) is 0 Å². The van der Waals surface area contributed by atoms with E-state index < -0.39 is 24.4 Å². The number of aromatic nitrogens is 2. The molecule has 1 aromatic heterocycles. The van der Waals surface area contributed by atoms with E-state index in [9.17, 15) is 9.59 Å². The lowest BCUT2D eigenvalue weighted by Crippen LogP contribution is -2.39. The number of aromatic amines is 1. The summed E-state index contributed by atoms with van der Waals surface area (Å²) in [6.07, 6.45) is -0.452. The summed E-state index contributed by atoms with van der Waals surface area (Å²) in [5.74, 6) is -0.269. The molecule has 140 valence electrons. The maximum Gasteiger partial charge on any atom is 0.326 e. The fraction of sp³-hybridized carbons (Fsp3) is 0.667. The highest BCUT2D eigenvalue weighted by Gasteiger charge is 2.47. The number of likely N-dealkylation sites (N-methyl/N-ethyl adjacent to an activating group) is 1. The van der Waals surface area contributed by atoms with Crippen LogP contribution in [0, 0.1) is 4.64 Å². The van der Waals surface area contributed by atoms with Crippen LogP contribution < -0.4 is 11.0 Å². The molecular weight excluding hydrogens is 350 g/mol. The fourth-order valence-electron chi connectivity index (χ4n) is 2.77. The van der Waals surface area contributed by atoms with Gasteiger partial charge in [-0.3, -0.25) is 9.78 Å². The van der Waals surface area contributed by atoms with Crippen molar-refractivity contribution < 1.29 is 23.7 Å². The first-order valence-electron chi connectivity index (χ1n) is 7.72. The molecule has 0 spiro atoms. The molecule has 10 heteroatoms. The molecule has 0 bridgehead atoms. The molecule has 1 aromatic rings. The molecule has 4 atom stereocenters. The van der Waals surface area contributed by atoms with Crippen molar-refractivity contribution in [2.24, 2.45) is 7.05 Å². The van der Waals surface area contributed by atoms with Crippen LogP contribution in [0.15, 0.2) is 11.0 Å². The fourth-order valence-corrected chi connectivity index (χ4v) is 3.03. The van der Waals surface area contributed by atoms with Crippen LogP contribution in [0.25, 0.3) is 0 Å². The van der Waals surface area contributed by atoms with Crippen molar-refractivity contribution in [3.05, 3.63) is 26.9 Å². The molecule has 1 aliphatic heterocycles. The zero-order valence-electron chi connectivity index (χ0n) is 14.6. The third-order valence-corrected chi connectivity index (χ3v) is 4.38. The third kappa shape index (κ3) is 4.33. The summed E-state index contributed by atoms with van der Waals surface area (Å²) in [4.78, 5) is 25.9. The summed E-state index contributed by atoms with van der Waals surface area (Å²) in [7, 11) is 6.23. The number of rotatable bonds is 7. The minimum absolute atomic E-state index is 0.150. The largest absolute Gasteiger partial charge is 0.382 e. The number of ether oxygens (including phenoxy) is 4. The summed E-state index contributed by atoms with van der Waals surface area (Å²) in [6, 6.07) is 0. The highest BCUT2D eigenvalue weighted by molar-refractivity contribution is 7.71. The quantitative estimate of drug-likeness (QED) is 0.631. The monoisotopic (exact) mass is 373 g/mol. The molecular formula is C15H23N3O6S. The van der Waals surface area contributed by atoms with Gasteiger partial charge in [0.15, 0.2) is 0 Å². The van der Waals surface area contributed by atoms with Gasteiger partial charge in [0.25, 0.3) is 0 Å². The Kier molecular flexibility index (Phi) is 6.85. The van der Waals surface area contributed by atoms with E-state index in [1.165, 1.54) is 18.7 Å². The number of carbonyl (C=O) groups is 1. The maximum atomic E-state index is 11.7. The normalized spacial score (nSPS) is 25.9. The van der Waals surface area contributed by atoms with Gasteiger partial charge >= 0.3 is 5.69 Å². The Labute approximate surface area is 150 Å². The van der Waals surface area contributed by atoms with Gasteiger partial charge in [-0.2, -0.15) is 0 Å². The van der Waals surface area contributed by atoms with E-state index in [1.807, 2.05) is 0 Å². The zero-order chi connectivity index (χ0) is 18.6. The molecule has 2 rings (SSSR count). The minimum atomic E-state index is -0.606. The van der Waals surface area contributed by atoms with Crippen LogP contribution in [0.2, 0.25) is 0 Å². The molecule has 2 heterocycles. The molecule has 1 amide bonds. The van der Waals surface area contributed by atoms with Crippen LogP contribution in [-0.4, -0.2) is 68.3 Å². The molecule has 1 saturated heterocycles. The smallest absolute Gasteiger partial charge is 0.326 e. The molecule has 0 aromatic carbocycles. The van der Waals surface area contributed by atoms with Gasteiger partial charge < -0.3 is 28.8 Å². The zero-order valence-corrected chi connectivity index (χ0v) is 15.4. The number of carbonyl (C=O) groups excluding carboxylic acids is 1.